The van der Waals surface area contributed by atoms with Gasteiger partial charge in [0, 0.05) is 25.8 Å². The molecule has 6 rings (SSSR count). The number of carbonyl (C=O) groups excluding carboxylic acids is 4. The van der Waals surface area contributed by atoms with Gasteiger partial charge in [0.25, 0.3) is 0 Å². The van der Waals surface area contributed by atoms with Crippen molar-refractivity contribution in [2.75, 3.05) is 47.6 Å². The summed E-state index contributed by atoms with van der Waals surface area (Å²) in [6, 6.07) is 12.2. The van der Waals surface area contributed by atoms with E-state index in [1.165, 1.54) is 14.2 Å². The summed E-state index contributed by atoms with van der Waals surface area (Å²) in [5, 5.41) is 5.39. The van der Waals surface area contributed by atoms with Crippen LogP contribution in [0.15, 0.2) is 54.9 Å². The summed E-state index contributed by atoms with van der Waals surface area (Å²) >= 11 is 0. The van der Waals surface area contributed by atoms with Crippen molar-refractivity contribution in [2.45, 2.75) is 77.5 Å². The lowest BCUT2D eigenvalue weighted by Crippen LogP contribution is -2.51. The Balaban J connectivity index is 1.19. The maximum Gasteiger partial charge on any atom is 0.407 e. The van der Waals surface area contributed by atoms with Gasteiger partial charge in [-0.05, 0) is 66.3 Å². The molecule has 59 heavy (non-hydrogen) atoms. The Morgan fingerprint density at radius 2 is 1.19 bits per heavy atom. The Morgan fingerprint density at radius 3 is 1.69 bits per heavy atom. The molecule has 2 aliphatic heterocycles. The normalized spacial score (nSPS) is 17.6. The highest BCUT2D eigenvalue weighted by atomic mass is 16.5. The third-order valence-electron chi connectivity index (χ3n) is 11.0. The first-order valence-electron chi connectivity index (χ1n) is 20.2. The zero-order valence-electron chi connectivity index (χ0n) is 34.9. The minimum atomic E-state index is -0.723. The second-order valence-electron chi connectivity index (χ2n) is 15.6. The second kappa shape index (κ2) is 19.2. The van der Waals surface area contributed by atoms with Crippen molar-refractivity contribution in [1.82, 2.24) is 40.4 Å². The van der Waals surface area contributed by atoms with Crippen molar-refractivity contribution in [1.29, 1.82) is 0 Å². The zero-order chi connectivity index (χ0) is 42.2. The molecule has 4 atom stereocenters. The first kappa shape index (κ1) is 42.7. The van der Waals surface area contributed by atoms with E-state index in [0.717, 1.165) is 59.3 Å². The summed E-state index contributed by atoms with van der Waals surface area (Å²) in [5.41, 5.74) is 5.26. The van der Waals surface area contributed by atoms with Crippen molar-refractivity contribution in [3.8, 4) is 39.4 Å². The van der Waals surface area contributed by atoms with Crippen molar-refractivity contribution in [2.24, 2.45) is 11.8 Å². The van der Waals surface area contributed by atoms with Gasteiger partial charge in [0.2, 0.25) is 11.8 Å². The first-order chi connectivity index (χ1) is 28.4. The minimum Gasteiger partial charge on any atom is -0.490 e. The highest BCUT2D eigenvalue weighted by Gasteiger charge is 2.39. The predicted molar refractivity (Wildman–Crippen MR) is 220 cm³/mol. The quantitative estimate of drug-likeness (QED) is 0.0998. The number of alkyl carbamates (subject to hydrolysis) is 2. The summed E-state index contributed by atoms with van der Waals surface area (Å²) in [6.45, 7) is 9.45. The number of nitrogens with one attached hydrogen (secondary N) is 4. The predicted octanol–water partition coefficient (Wildman–Crippen LogP) is 6.25. The molecule has 2 aliphatic rings. The third-order valence-corrected chi connectivity index (χ3v) is 11.0. The lowest BCUT2D eigenvalue weighted by atomic mass is 10.00. The van der Waals surface area contributed by atoms with Crippen LogP contribution in [0.2, 0.25) is 0 Å². The number of likely N-dealkylation sites (tertiary alicyclic amines) is 2. The number of H-pyrrole nitrogens is 2. The van der Waals surface area contributed by atoms with Crippen LogP contribution in [0, 0.1) is 11.8 Å². The van der Waals surface area contributed by atoms with Crippen LogP contribution in [0.1, 0.15) is 77.1 Å². The average molecular weight is 813 g/mol. The van der Waals surface area contributed by atoms with E-state index in [9.17, 15) is 19.2 Å². The number of ether oxygens (including phenoxy) is 4. The fourth-order valence-corrected chi connectivity index (χ4v) is 7.80. The maximum absolute atomic E-state index is 13.7. The number of hydrogen-bond acceptors (Lipinski definition) is 10. The van der Waals surface area contributed by atoms with Gasteiger partial charge in [0.05, 0.1) is 56.7 Å². The van der Waals surface area contributed by atoms with Gasteiger partial charge in [0.1, 0.15) is 36.1 Å². The minimum absolute atomic E-state index is 0.120. The summed E-state index contributed by atoms with van der Waals surface area (Å²) in [6.07, 6.45) is 5.42. The monoisotopic (exact) mass is 812 g/mol. The van der Waals surface area contributed by atoms with Crippen LogP contribution in [-0.4, -0.2) is 113 Å². The number of aromatic amines is 2. The largest absolute Gasteiger partial charge is 0.490 e. The zero-order valence-corrected chi connectivity index (χ0v) is 34.9. The maximum atomic E-state index is 13.7. The summed E-state index contributed by atoms with van der Waals surface area (Å²) in [5.74, 6) is 1.44. The van der Waals surface area contributed by atoms with Gasteiger partial charge < -0.3 is 49.3 Å². The highest BCUT2D eigenvalue weighted by molar-refractivity contribution is 5.87. The molecule has 4 amide bonds. The number of benzene rings is 2. The lowest BCUT2D eigenvalue weighted by molar-refractivity contribution is -0.136. The highest BCUT2D eigenvalue weighted by Crippen LogP contribution is 2.38. The molecular formula is C43H56N8O8. The van der Waals surface area contributed by atoms with Gasteiger partial charge in [-0.15, -0.1) is 0 Å². The summed E-state index contributed by atoms with van der Waals surface area (Å²) in [7, 11) is 4.19. The molecule has 0 radical (unpaired) electrons. The molecule has 4 heterocycles. The number of carbonyl (C=O) groups is 4. The number of methoxy groups -OCH3 is 3. The fraction of sp³-hybridized carbons (Fsp3) is 0.488. The molecular weight excluding hydrogens is 757 g/mol. The SMILES string of the molecule is COCCOc1cc(-c2ccc(-c3cnc([C@@H]4CCCN4C(=O)[C@@H](NC(=O)OC)C(C)C)[nH]3)cc2)ccc1-c1cnc([C@@H]2CCCN2C(=O)[C@@H](NC(=O)OC)C(C)C)[nH]1. The van der Waals surface area contributed by atoms with Gasteiger partial charge in [-0.2, -0.15) is 0 Å². The molecule has 2 aromatic heterocycles. The third kappa shape index (κ3) is 9.70. The lowest BCUT2D eigenvalue weighted by Gasteiger charge is -2.30. The summed E-state index contributed by atoms with van der Waals surface area (Å²) in [4.78, 5) is 71.2. The van der Waals surface area contributed by atoms with Gasteiger partial charge in [0.15, 0.2) is 0 Å². The molecule has 16 nitrogen and oxygen atoms in total. The van der Waals surface area contributed by atoms with Gasteiger partial charge in [-0.3, -0.25) is 9.59 Å². The number of nitrogens with zero attached hydrogens (tertiary/aromatic N) is 4. The van der Waals surface area contributed by atoms with Crippen LogP contribution < -0.4 is 15.4 Å². The van der Waals surface area contributed by atoms with Crippen LogP contribution in [0.5, 0.6) is 5.75 Å². The standard InChI is InChI=1S/C43H56N8O8/c1-25(2)36(48-42(54)57-6)40(52)50-18-8-10-33(50)38-44-23-31(46-38)28-14-12-27(13-15-28)29-16-17-30(35(22-29)59-21-20-56-5)32-24-45-39(47-32)34-11-9-19-51(34)41(53)37(26(3)4)49-43(55)58-7/h12-17,22-26,33-34,36-37H,8-11,18-21H2,1-7H3,(H,44,46)(H,45,47)(H,48,54)(H,49,55)/t33-,34-,36-,37-/m0/s1. The van der Waals surface area contributed by atoms with Crippen molar-refractivity contribution >= 4 is 24.0 Å². The van der Waals surface area contributed by atoms with Crippen LogP contribution in [0.25, 0.3) is 33.6 Å². The first-order valence-corrected chi connectivity index (χ1v) is 20.2. The Bertz CT molecular complexity index is 2080. The van der Waals surface area contributed by atoms with E-state index < -0.39 is 24.3 Å². The van der Waals surface area contributed by atoms with Crippen molar-refractivity contribution in [3.63, 3.8) is 0 Å². The van der Waals surface area contributed by atoms with Gasteiger partial charge in [-0.1, -0.05) is 58.0 Å². The molecule has 2 saturated heterocycles. The van der Waals surface area contributed by atoms with Crippen LogP contribution in [-0.2, 0) is 23.8 Å². The van der Waals surface area contributed by atoms with E-state index in [-0.39, 0.29) is 35.7 Å². The molecule has 0 spiro atoms. The Kier molecular flexibility index (Phi) is 13.9. The Morgan fingerprint density at radius 1 is 0.695 bits per heavy atom. The molecule has 2 fully saturated rings. The van der Waals surface area contributed by atoms with E-state index in [1.807, 2.05) is 70.2 Å². The van der Waals surface area contributed by atoms with E-state index in [4.69, 9.17) is 23.9 Å². The number of imidazole rings is 2. The Hall–Kier alpha value is -5.90. The Labute approximate surface area is 344 Å². The summed E-state index contributed by atoms with van der Waals surface area (Å²) < 4.78 is 21.1. The van der Waals surface area contributed by atoms with Crippen LogP contribution >= 0.6 is 0 Å². The molecule has 316 valence electrons. The molecule has 0 bridgehead atoms. The van der Waals surface area contributed by atoms with E-state index >= 15 is 0 Å². The van der Waals surface area contributed by atoms with Crippen LogP contribution in [0.3, 0.4) is 0 Å². The van der Waals surface area contributed by atoms with Crippen molar-refractivity contribution < 1.29 is 38.1 Å². The topological polar surface area (TPSA) is 193 Å². The fourth-order valence-electron chi connectivity index (χ4n) is 7.80. The molecule has 0 aliphatic carbocycles. The van der Waals surface area contributed by atoms with Gasteiger partial charge >= 0.3 is 12.2 Å². The number of hydrogen-bond donors (Lipinski definition) is 4. The molecule has 0 unspecified atom stereocenters. The average Bonchev–Trinajstić information content (AvgIpc) is 4.08. The van der Waals surface area contributed by atoms with E-state index in [2.05, 4.69) is 25.6 Å². The number of amides is 4. The molecule has 2 aromatic carbocycles. The van der Waals surface area contributed by atoms with Crippen LogP contribution in [0.4, 0.5) is 9.59 Å². The molecule has 4 aromatic rings. The molecule has 16 heteroatoms. The smallest absolute Gasteiger partial charge is 0.407 e. The number of aromatic nitrogens is 4. The molecule has 4 N–H and O–H groups in total. The van der Waals surface area contributed by atoms with E-state index in [0.29, 0.717) is 43.7 Å². The molecule has 0 saturated carbocycles. The second-order valence-corrected chi connectivity index (χ2v) is 15.6. The number of rotatable bonds is 15. The van der Waals surface area contributed by atoms with Gasteiger partial charge in [-0.25, -0.2) is 19.6 Å². The van der Waals surface area contributed by atoms with Crippen molar-refractivity contribution in [3.05, 3.63) is 66.5 Å². The van der Waals surface area contributed by atoms with E-state index in [1.54, 1.807) is 29.3 Å².